The van der Waals surface area contributed by atoms with Crippen LogP contribution in [0.15, 0.2) is 21.5 Å². The van der Waals surface area contributed by atoms with Crippen molar-refractivity contribution in [1.29, 1.82) is 0 Å². The van der Waals surface area contributed by atoms with Gasteiger partial charge in [-0.15, -0.1) is 34.2 Å². The first kappa shape index (κ1) is 23.4. The summed E-state index contributed by atoms with van der Waals surface area (Å²) in [5, 5.41) is 25.3. The lowest BCUT2D eigenvalue weighted by atomic mass is 10.0. The fourth-order valence-corrected chi connectivity index (χ4v) is 2.36. The lowest BCUT2D eigenvalue weighted by Crippen LogP contribution is -2.44. The van der Waals surface area contributed by atoms with Crippen molar-refractivity contribution in [3.63, 3.8) is 0 Å². The molecule has 0 aliphatic carbocycles. The molecule has 0 fully saturated rings. The van der Waals surface area contributed by atoms with E-state index in [4.69, 9.17) is 4.42 Å². The summed E-state index contributed by atoms with van der Waals surface area (Å²) in [5.74, 6) is 3.56. The zero-order chi connectivity index (χ0) is 19.2. The third kappa shape index (κ3) is 6.80. The second-order valence-electron chi connectivity index (χ2n) is 6.71. The van der Waals surface area contributed by atoms with Crippen molar-refractivity contribution in [1.82, 2.24) is 25.4 Å². The van der Waals surface area contributed by atoms with Crippen LogP contribution in [0.3, 0.4) is 0 Å². The standard InChI is InChI=1S/C18H30N6O2.HI/c1-6-7-10-19-17(20-11-16-23-22-14(3)24(16)5)21-12-18(4,25)15-9-8-13(2)26-15;/h8-9,25H,6-7,10-12H2,1-5H3,(H2,19,20,21);1H. The second kappa shape index (κ2) is 10.6. The van der Waals surface area contributed by atoms with E-state index in [1.165, 1.54) is 0 Å². The Bertz CT molecular complexity index is 738. The maximum Gasteiger partial charge on any atom is 0.191 e. The molecule has 0 aliphatic rings. The maximum absolute atomic E-state index is 10.7. The van der Waals surface area contributed by atoms with Gasteiger partial charge in [-0.2, -0.15) is 0 Å². The molecule has 2 rings (SSSR count). The van der Waals surface area contributed by atoms with Crippen molar-refractivity contribution in [2.24, 2.45) is 12.0 Å². The average Bonchev–Trinajstić information content (AvgIpc) is 3.17. The Hall–Kier alpha value is -1.62. The average molecular weight is 490 g/mol. The molecule has 2 aromatic rings. The Morgan fingerprint density at radius 3 is 2.59 bits per heavy atom. The second-order valence-corrected chi connectivity index (χ2v) is 6.71. The lowest BCUT2D eigenvalue weighted by molar-refractivity contribution is 0.0378. The summed E-state index contributed by atoms with van der Waals surface area (Å²) in [6.07, 6.45) is 2.13. The molecular formula is C18H31IN6O2. The number of hydrogen-bond acceptors (Lipinski definition) is 5. The first-order valence-corrected chi connectivity index (χ1v) is 9.00. The fourth-order valence-electron chi connectivity index (χ4n) is 2.36. The number of guanidine groups is 1. The SMILES string of the molecule is CCCCNC(=NCc1nnc(C)n1C)NCC(C)(O)c1ccc(C)o1.I. The van der Waals surface area contributed by atoms with Crippen LogP contribution in [0.5, 0.6) is 0 Å². The van der Waals surface area contributed by atoms with Gasteiger partial charge < -0.3 is 24.7 Å². The van der Waals surface area contributed by atoms with E-state index in [0.717, 1.165) is 36.8 Å². The molecule has 0 spiro atoms. The van der Waals surface area contributed by atoms with Gasteiger partial charge in [-0.1, -0.05) is 13.3 Å². The third-order valence-corrected chi connectivity index (χ3v) is 4.26. The van der Waals surface area contributed by atoms with Gasteiger partial charge in [0.25, 0.3) is 0 Å². The highest BCUT2D eigenvalue weighted by molar-refractivity contribution is 14.0. The Balaban J connectivity index is 0.00000364. The summed E-state index contributed by atoms with van der Waals surface area (Å²) < 4.78 is 7.47. The van der Waals surface area contributed by atoms with E-state index in [1.54, 1.807) is 13.0 Å². The number of nitrogens with one attached hydrogen (secondary N) is 2. The van der Waals surface area contributed by atoms with Gasteiger partial charge in [0.1, 0.15) is 29.5 Å². The quantitative estimate of drug-likeness (QED) is 0.228. The number of hydrogen-bond donors (Lipinski definition) is 3. The van der Waals surface area contributed by atoms with Gasteiger partial charge in [0.05, 0.1) is 6.54 Å². The van der Waals surface area contributed by atoms with Crippen LogP contribution in [0.4, 0.5) is 0 Å². The van der Waals surface area contributed by atoms with E-state index >= 15 is 0 Å². The highest BCUT2D eigenvalue weighted by atomic mass is 127. The van der Waals surface area contributed by atoms with Gasteiger partial charge in [-0.3, -0.25) is 0 Å². The van der Waals surface area contributed by atoms with Crippen LogP contribution in [0.1, 0.15) is 49.9 Å². The molecule has 3 N–H and O–H groups in total. The van der Waals surface area contributed by atoms with Gasteiger partial charge in [-0.05, 0) is 39.3 Å². The van der Waals surface area contributed by atoms with Crippen molar-refractivity contribution in [2.45, 2.75) is 52.7 Å². The van der Waals surface area contributed by atoms with E-state index in [-0.39, 0.29) is 30.5 Å². The Morgan fingerprint density at radius 2 is 2.04 bits per heavy atom. The predicted octanol–water partition coefficient (Wildman–Crippen LogP) is 2.39. The molecule has 0 saturated carbocycles. The summed E-state index contributed by atoms with van der Waals surface area (Å²) in [6.45, 7) is 9.10. The molecule has 27 heavy (non-hydrogen) atoms. The normalized spacial score (nSPS) is 13.8. The minimum absolute atomic E-state index is 0. The number of aromatic nitrogens is 3. The highest BCUT2D eigenvalue weighted by Crippen LogP contribution is 2.21. The number of furan rings is 1. The van der Waals surface area contributed by atoms with Crippen molar-refractivity contribution >= 4 is 29.9 Å². The molecule has 1 unspecified atom stereocenters. The molecule has 2 aromatic heterocycles. The van der Waals surface area contributed by atoms with Crippen molar-refractivity contribution in [3.8, 4) is 0 Å². The Morgan fingerprint density at radius 1 is 1.30 bits per heavy atom. The minimum atomic E-state index is -1.14. The van der Waals surface area contributed by atoms with Crippen LogP contribution in [-0.4, -0.2) is 38.9 Å². The summed E-state index contributed by atoms with van der Waals surface area (Å²) in [4.78, 5) is 4.57. The number of nitrogens with zero attached hydrogens (tertiary/aromatic N) is 4. The molecule has 0 saturated heterocycles. The molecule has 0 bridgehead atoms. The lowest BCUT2D eigenvalue weighted by Gasteiger charge is -2.23. The van der Waals surface area contributed by atoms with Gasteiger partial charge in [0.15, 0.2) is 11.8 Å². The minimum Gasteiger partial charge on any atom is -0.463 e. The van der Waals surface area contributed by atoms with Crippen LogP contribution in [-0.2, 0) is 19.2 Å². The van der Waals surface area contributed by atoms with Gasteiger partial charge >= 0.3 is 0 Å². The highest BCUT2D eigenvalue weighted by Gasteiger charge is 2.27. The molecule has 0 aromatic carbocycles. The van der Waals surface area contributed by atoms with Crippen molar-refractivity contribution < 1.29 is 9.52 Å². The number of unbranched alkanes of at least 4 members (excludes halogenated alkanes) is 1. The Labute approximate surface area is 177 Å². The summed E-state index contributed by atoms with van der Waals surface area (Å²) in [5.41, 5.74) is -1.14. The molecule has 0 aliphatic heterocycles. The van der Waals surface area contributed by atoms with Crippen LogP contribution >= 0.6 is 24.0 Å². The topological polar surface area (TPSA) is 100 Å². The Kier molecular flexibility index (Phi) is 9.23. The van der Waals surface area contributed by atoms with Gasteiger partial charge in [-0.25, -0.2) is 4.99 Å². The van der Waals surface area contributed by atoms with Crippen LogP contribution < -0.4 is 10.6 Å². The van der Waals surface area contributed by atoms with E-state index in [1.807, 2.05) is 31.5 Å². The molecule has 152 valence electrons. The number of rotatable bonds is 8. The summed E-state index contributed by atoms with van der Waals surface area (Å²) >= 11 is 0. The van der Waals surface area contributed by atoms with Crippen molar-refractivity contribution in [2.75, 3.05) is 13.1 Å². The monoisotopic (exact) mass is 490 g/mol. The van der Waals surface area contributed by atoms with Crippen LogP contribution in [0.25, 0.3) is 0 Å². The number of aryl methyl sites for hydroxylation is 2. The van der Waals surface area contributed by atoms with Crippen molar-refractivity contribution in [3.05, 3.63) is 35.3 Å². The third-order valence-electron chi connectivity index (χ3n) is 4.26. The molecule has 9 heteroatoms. The summed E-state index contributed by atoms with van der Waals surface area (Å²) in [6, 6.07) is 3.63. The maximum atomic E-state index is 10.7. The molecule has 8 nitrogen and oxygen atoms in total. The number of aliphatic hydroxyl groups is 1. The molecule has 0 radical (unpaired) electrons. The molecular weight excluding hydrogens is 459 g/mol. The zero-order valence-corrected chi connectivity index (χ0v) is 19.1. The van der Waals surface area contributed by atoms with E-state index in [0.29, 0.717) is 18.3 Å². The fraction of sp³-hybridized carbons (Fsp3) is 0.611. The largest absolute Gasteiger partial charge is 0.463 e. The van der Waals surface area contributed by atoms with Crippen LogP contribution in [0.2, 0.25) is 0 Å². The smallest absolute Gasteiger partial charge is 0.191 e. The molecule has 2 heterocycles. The number of halogens is 1. The van der Waals surface area contributed by atoms with Gasteiger partial charge in [0, 0.05) is 13.6 Å². The van der Waals surface area contributed by atoms with Gasteiger partial charge in [0.2, 0.25) is 0 Å². The van der Waals surface area contributed by atoms with Crippen LogP contribution in [0, 0.1) is 13.8 Å². The molecule has 1 atom stereocenters. The first-order chi connectivity index (χ1) is 12.3. The summed E-state index contributed by atoms with van der Waals surface area (Å²) in [7, 11) is 1.92. The van der Waals surface area contributed by atoms with E-state index in [2.05, 4.69) is 32.7 Å². The first-order valence-electron chi connectivity index (χ1n) is 9.00. The zero-order valence-electron chi connectivity index (χ0n) is 16.7. The van der Waals surface area contributed by atoms with E-state index in [9.17, 15) is 5.11 Å². The molecule has 0 amide bonds. The number of aliphatic imine (C=N–C) groups is 1. The predicted molar refractivity (Wildman–Crippen MR) is 116 cm³/mol. The van der Waals surface area contributed by atoms with E-state index < -0.39 is 5.60 Å².